The largest absolute Gasteiger partial charge is 0.381 e. The third-order valence-electron chi connectivity index (χ3n) is 3.68. The lowest BCUT2D eigenvalue weighted by Crippen LogP contribution is -2.33. The number of halogens is 1. The standard InChI is InChI=1S/C14H22ClNOS/c1-13(2,3)11-9-18-12(16-11)8-14(10-15)4-6-17-7-5-14/h9H,4-8,10H2,1-3H3. The van der Waals surface area contributed by atoms with Crippen molar-refractivity contribution in [2.75, 3.05) is 19.1 Å². The van der Waals surface area contributed by atoms with Gasteiger partial charge in [-0.05, 0) is 18.3 Å². The van der Waals surface area contributed by atoms with E-state index in [-0.39, 0.29) is 10.8 Å². The molecule has 0 unspecified atom stereocenters. The Kier molecular flexibility index (Phi) is 4.35. The van der Waals surface area contributed by atoms with Crippen LogP contribution in [0.15, 0.2) is 5.38 Å². The quantitative estimate of drug-likeness (QED) is 0.784. The van der Waals surface area contributed by atoms with E-state index >= 15 is 0 Å². The summed E-state index contributed by atoms with van der Waals surface area (Å²) in [6.45, 7) is 8.29. The molecular formula is C14H22ClNOS. The minimum Gasteiger partial charge on any atom is -0.381 e. The molecule has 2 rings (SSSR count). The number of hydrogen-bond donors (Lipinski definition) is 0. The Morgan fingerprint density at radius 3 is 2.56 bits per heavy atom. The summed E-state index contributed by atoms with van der Waals surface area (Å²) in [5.74, 6) is 0.709. The molecule has 2 heterocycles. The van der Waals surface area contributed by atoms with Gasteiger partial charge in [0.2, 0.25) is 0 Å². The SMILES string of the molecule is CC(C)(C)c1csc(CC2(CCl)CCOCC2)n1. The summed E-state index contributed by atoms with van der Waals surface area (Å²) < 4.78 is 5.45. The van der Waals surface area contributed by atoms with Crippen LogP contribution in [0, 0.1) is 5.41 Å². The first kappa shape index (κ1) is 14.3. The van der Waals surface area contributed by atoms with Gasteiger partial charge < -0.3 is 4.74 Å². The summed E-state index contributed by atoms with van der Waals surface area (Å²) in [5.41, 5.74) is 1.53. The summed E-state index contributed by atoms with van der Waals surface area (Å²) in [6.07, 6.45) is 3.11. The van der Waals surface area contributed by atoms with Crippen molar-refractivity contribution >= 4 is 22.9 Å². The number of aromatic nitrogens is 1. The first-order valence-corrected chi connectivity index (χ1v) is 7.95. The lowest BCUT2D eigenvalue weighted by molar-refractivity contribution is 0.0257. The average Bonchev–Trinajstić information content (AvgIpc) is 2.78. The minimum atomic E-state index is 0.137. The summed E-state index contributed by atoms with van der Waals surface area (Å²) in [6, 6.07) is 0. The van der Waals surface area contributed by atoms with Crippen LogP contribution in [0.5, 0.6) is 0 Å². The average molecular weight is 288 g/mol. The molecule has 1 aromatic heterocycles. The predicted octanol–water partition coefficient (Wildman–Crippen LogP) is 4.02. The van der Waals surface area contributed by atoms with Crippen LogP contribution in [0.1, 0.15) is 44.3 Å². The molecule has 0 aromatic carbocycles. The Balaban J connectivity index is 2.10. The summed E-state index contributed by atoms with van der Waals surface area (Å²) >= 11 is 7.98. The van der Waals surface area contributed by atoms with Crippen molar-refractivity contribution in [3.63, 3.8) is 0 Å². The first-order valence-electron chi connectivity index (χ1n) is 6.54. The van der Waals surface area contributed by atoms with Gasteiger partial charge in [-0.1, -0.05) is 20.8 Å². The molecule has 1 fully saturated rings. The highest BCUT2D eigenvalue weighted by atomic mass is 35.5. The fourth-order valence-electron chi connectivity index (χ4n) is 2.22. The zero-order valence-electron chi connectivity index (χ0n) is 11.5. The number of ether oxygens (including phenoxy) is 1. The van der Waals surface area contributed by atoms with Crippen LogP contribution >= 0.6 is 22.9 Å². The molecular weight excluding hydrogens is 266 g/mol. The highest BCUT2D eigenvalue weighted by Gasteiger charge is 2.33. The number of nitrogens with zero attached hydrogens (tertiary/aromatic N) is 1. The van der Waals surface area contributed by atoms with E-state index in [1.807, 2.05) is 0 Å². The topological polar surface area (TPSA) is 22.1 Å². The summed E-state index contributed by atoms with van der Waals surface area (Å²) in [4.78, 5) is 4.79. The lowest BCUT2D eigenvalue weighted by atomic mass is 9.79. The van der Waals surface area contributed by atoms with Gasteiger partial charge in [0, 0.05) is 36.3 Å². The molecule has 18 heavy (non-hydrogen) atoms. The fraction of sp³-hybridized carbons (Fsp3) is 0.786. The normalized spacial score (nSPS) is 20.0. The van der Waals surface area contributed by atoms with E-state index in [0.29, 0.717) is 5.88 Å². The van der Waals surface area contributed by atoms with Crippen molar-refractivity contribution in [3.8, 4) is 0 Å². The van der Waals surface area contributed by atoms with E-state index in [1.165, 1.54) is 10.7 Å². The first-order chi connectivity index (χ1) is 8.45. The summed E-state index contributed by atoms with van der Waals surface area (Å²) in [5, 5.41) is 3.42. The Morgan fingerprint density at radius 2 is 2.06 bits per heavy atom. The van der Waals surface area contributed by atoms with Gasteiger partial charge >= 0.3 is 0 Å². The van der Waals surface area contributed by atoms with Crippen molar-refractivity contribution in [3.05, 3.63) is 16.1 Å². The lowest BCUT2D eigenvalue weighted by Gasteiger charge is -2.34. The van der Waals surface area contributed by atoms with Crippen LogP contribution in [0.3, 0.4) is 0 Å². The van der Waals surface area contributed by atoms with Crippen LogP contribution < -0.4 is 0 Å². The van der Waals surface area contributed by atoms with E-state index in [1.54, 1.807) is 11.3 Å². The van der Waals surface area contributed by atoms with Crippen LogP contribution in [0.4, 0.5) is 0 Å². The molecule has 1 aliphatic heterocycles. The second-order valence-corrected chi connectivity index (χ2v) is 7.51. The van der Waals surface area contributed by atoms with Gasteiger partial charge in [0.25, 0.3) is 0 Å². The van der Waals surface area contributed by atoms with Gasteiger partial charge in [-0.15, -0.1) is 22.9 Å². The molecule has 1 saturated heterocycles. The van der Waals surface area contributed by atoms with Crippen molar-refractivity contribution in [2.24, 2.45) is 5.41 Å². The van der Waals surface area contributed by atoms with Crippen LogP contribution in [-0.2, 0) is 16.6 Å². The van der Waals surface area contributed by atoms with E-state index < -0.39 is 0 Å². The highest BCUT2D eigenvalue weighted by Crippen LogP contribution is 2.37. The van der Waals surface area contributed by atoms with Gasteiger partial charge in [0.15, 0.2) is 0 Å². The van der Waals surface area contributed by atoms with Crippen molar-refractivity contribution in [1.82, 2.24) is 4.98 Å². The summed E-state index contributed by atoms with van der Waals surface area (Å²) in [7, 11) is 0. The van der Waals surface area contributed by atoms with Gasteiger partial charge in [-0.25, -0.2) is 4.98 Å². The molecule has 0 amide bonds. The molecule has 0 spiro atoms. The molecule has 1 aromatic rings. The van der Waals surface area contributed by atoms with E-state index in [4.69, 9.17) is 21.3 Å². The van der Waals surface area contributed by atoms with Crippen molar-refractivity contribution in [1.29, 1.82) is 0 Å². The monoisotopic (exact) mass is 287 g/mol. The van der Waals surface area contributed by atoms with Crippen LogP contribution in [0.2, 0.25) is 0 Å². The Hall–Kier alpha value is -0.120. The maximum absolute atomic E-state index is 6.21. The van der Waals surface area contributed by atoms with Crippen LogP contribution in [0.25, 0.3) is 0 Å². The molecule has 102 valence electrons. The molecule has 0 radical (unpaired) electrons. The zero-order chi connectivity index (χ0) is 13.2. The Labute approximate surface area is 119 Å². The molecule has 0 aliphatic carbocycles. The predicted molar refractivity (Wildman–Crippen MR) is 77.7 cm³/mol. The smallest absolute Gasteiger partial charge is 0.0934 e. The molecule has 2 nitrogen and oxygen atoms in total. The maximum atomic E-state index is 6.21. The maximum Gasteiger partial charge on any atom is 0.0934 e. The number of thiazole rings is 1. The molecule has 1 aliphatic rings. The van der Waals surface area contributed by atoms with Gasteiger partial charge in [-0.2, -0.15) is 0 Å². The third kappa shape index (κ3) is 3.25. The second kappa shape index (κ2) is 5.48. The second-order valence-electron chi connectivity index (χ2n) is 6.30. The van der Waals surface area contributed by atoms with Gasteiger partial charge in [0.1, 0.15) is 0 Å². The molecule has 4 heteroatoms. The zero-order valence-corrected chi connectivity index (χ0v) is 13.0. The Bertz CT molecular complexity index is 391. The van der Waals surface area contributed by atoms with Gasteiger partial charge in [-0.3, -0.25) is 0 Å². The fourth-order valence-corrected chi connectivity index (χ4v) is 3.78. The van der Waals surface area contributed by atoms with Crippen LogP contribution in [-0.4, -0.2) is 24.1 Å². The molecule has 0 N–H and O–H groups in total. The van der Waals surface area contributed by atoms with E-state index in [0.717, 1.165) is 32.5 Å². The van der Waals surface area contributed by atoms with Crippen molar-refractivity contribution in [2.45, 2.75) is 45.4 Å². The third-order valence-corrected chi connectivity index (χ3v) is 5.10. The number of rotatable bonds is 3. The van der Waals surface area contributed by atoms with Crippen molar-refractivity contribution < 1.29 is 4.74 Å². The number of alkyl halides is 1. The Morgan fingerprint density at radius 1 is 1.39 bits per heavy atom. The van der Waals surface area contributed by atoms with Gasteiger partial charge in [0.05, 0.1) is 10.7 Å². The molecule has 0 atom stereocenters. The van der Waals surface area contributed by atoms with E-state index in [2.05, 4.69) is 26.2 Å². The highest BCUT2D eigenvalue weighted by molar-refractivity contribution is 7.09. The molecule has 0 saturated carbocycles. The number of hydrogen-bond acceptors (Lipinski definition) is 3. The minimum absolute atomic E-state index is 0.137. The van der Waals surface area contributed by atoms with E-state index in [9.17, 15) is 0 Å². The molecule has 0 bridgehead atoms.